The van der Waals surface area contributed by atoms with E-state index in [0.29, 0.717) is 6.54 Å². The molecular weight excluding hydrogens is 440 g/mol. The first-order valence-corrected chi connectivity index (χ1v) is 11.9. The number of methoxy groups -OCH3 is 1. The second-order valence-corrected chi connectivity index (χ2v) is 9.28. The number of carbonyl (C=O) groups excluding carboxylic acids is 1. The van der Waals surface area contributed by atoms with Gasteiger partial charge in [-0.15, -0.1) is 0 Å². The Morgan fingerprint density at radius 3 is 2.49 bits per heavy atom. The van der Waals surface area contributed by atoms with Crippen molar-refractivity contribution in [3.63, 3.8) is 0 Å². The van der Waals surface area contributed by atoms with Crippen LogP contribution in [0.15, 0.2) is 79.0 Å². The number of amides is 1. The van der Waals surface area contributed by atoms with Gasteiger partial charge in [-0.3, -0.25) is 4.79 Å². The number of phenolic OH excluding ortho intramolecular Hbond substituents is 1. The Kier molecular flexibility index (Phi) is 5.43. The second kappa shape index (κ2) is 8.76. The van der Waals surface area contributed by atoms with Gasteiger partial charge in [-0.1, -0.05) is 42.5 Å². The third kappa shape index (κ3) is 3.73. The number of likely N-dealkylation sites (tertiary alicyclic amines) is 1. The summed E-state index contributed by atoms with van der Waals surface area (Å²) >= 11 is 0. The highest BCUT2D eigenvalue weighted by molar-refractivity contribution is 5.87. The van der Waals surface area contributed by atoms with E-state index in [4.69, 9.17) is 4.74 Å². The molecule has 4 aromatic rings. The topological polar surface area (TPSA) is 89.6 Å². The van der Waals surface area contributed by atoms with Crippen molar-refractivity contribution < 1.29 is 14.6 Å². The Labute approximate surface area is 203 Å². The molecule has 35 heavy (non-hydrogen) atoms. The Morgan fingerprint density at radius 1 is 0.943 bits per heavy atom. The van der Waals surface area contributed by atoms with Crippen molar-refractivity contribution in [1.82, 2.24) is 20.7 Å². The summed E-state index contributed by atoms with van der Waals surface area (Å²) in [5.74, 6) is 1.14. The molecule has 7 nitrogen and oxygen atoms in total. The van der Waals surface area contributed by atoms with Crippen LogP contribution in [0.2, 0.25) is 0 Å². The maximum absolute atomic E-state index is 13.7. The summed E-state index contributed by atoms with van der Waals surface area (Å²) < 4.78 is 5.42. The smallest absolute Gasteiger partial charge is 0.242 e. The van der Waals surface area contributed by atoms with Crippen LogP contribution in [0.3, 0.4) is 0 Å². The van der Waals surface area contributed by atoms with Crippen LogP contribution in [0.4, 0.5) is 0 Å². The number of H-pyrrole nitrogens is 1. The normalized spacial score (nSPS) is 23.7. The summed E-state index contributed by atoms with van der Waals surface area (Å²) in [5.41, 5.74) is 11.0. The molecule has 0 bridgehead atoms. The first-order valence-electron chi connectivity index (χ1n) is 11.9. The zero-order chi connectivity index (χ0) is 23.9. The lowest BCUT2D eigenvalue weighted by Gasteiger charge is -2.31. The van der Waals surface area contributed by atoms with Gasteiger partial charge in [0.15, 0.2) is 0 Å². The summed E-state index contributed by atoms with van der Waals surface area (Å²) in [6.07, 6.45) is 2.74. The van der Waals surface area contributed by atoms with E-state index >= 15 is 0 Å². The van der Waals surface area contributed by atoms with Crippen molar-refractivity contribution in [3.05, 3.63) is 95.7 Å². The SMILES string of the molecule is COc1ccc2[nH]cc(CCN3C(=O)C4NNC(c5ccccc5)C4C3c3ccc(O)cc3)c2c1. The van der Waals surface area contributed by atoms with Gasteiger partial charge in [0.05, 0.1) is 19.2 Å². The van der Waals surface area contributed by atoms with E-state index in [1.807, 2.05) is 59.6 Å². The number of carbonyl (C=O) groups is 1. The maximum atomic E-state index is 13.7. The number of ether oxygens (including phenoxy) is 1. The molecule has 6 rings (SSSR count). The first kappa shape index (κ1) is 21.7. The molecule has 1 aromatic heterocycles. The monoisotopic (exact) mass is 468 g/mol. The average molecular weight is 469 g/mol. The van der Waals surface area contributed by atoms with Crippen LogP contribution in [0.1, 0.15) is 28.8 Å². The van der Waals surface area contributed by atoms with E-state index in [-0.39, 0.29) is 35.7 Å². The Hall–Kier alpha value is -3.81. The minimum Gasteiger partial charge on any atom is -0.508 e. The Balaban J connectivity index is 1.34. The number of nitrogens with one attached hydrogen (secondary N) is 3. The van der Waals surface area contributed by atoms with Gasteiger partial charge in [0.25, 0.3) is 0 Å². The van der Waals surface area contributed by atoms with Gasteiger partial charge in [-0.05, 0) is 53.4 Å². The lowest BCUT2D eigenvalue weighted by atomic mass is 9.83. The molecule has 4 atom stereocenters. The molecule has 4 unspecified atom stereocenters. The Morgan fingerprint density at radius 2 is 1.71 bits per heavy atom. The van der Waals surface area contributed by atoms with Crippen molar-refractivity contribution in [1.29, 1.82) is 0 Å². The van der Waals surface area contributed by atoms with E-state index in [2.05, 4.69) is 28.0 Å². The standard InChI is InChI=1S/C28H28N4O3/c1-35-21-11-12-23-22(15-21)19(16-29-23)13-14-32-27(18-7-9-20(33)10-8-18)24-25(17-5-3-2-4-6-17)30-31-26(24)28(32)34/h2-12,15-16,24-27,29-31,33H,13-14H2,1H3. The van der Waals surface area contributed by atoms with Crippen molar-refractivity contribution in [3.8, 4) is 11.5 Å². The highest BCUT2D eigenvalue weighted by atomic mass is 16.5. The number of rotatable bonds is 6. The van der Waals surface area contributed by atoms with Gasteiger partial charge in [0.2, 0.25) is 5.91 Å². The molecule has 2 saturated heterocycles. The number of hydrazine groups is 1. The number of hydrogen-bond acceptors (Lipinski definition) is 5. The number of hydrogen-bond donors (Lipinski definition) is 4. The summed E-state index contributed by atoms with van der Waals surface area (Å²) in [6, 6.07) is 23.1. The number of phenols is 1. The number of nitrogens with zero attached hydrogens (tertiary/aromatic N) is 1. The summed E-state index contributed by atoms with van der Waals surface area (Å²) in [6.45, 7) is 0.588. The third-order valence-corrected chi connectivity index (χ3v) is 7.40. The minimum atomic E-state index is -0.318. The molecule has 0 spiro atoms. The first-order chi connectivity index (χ1) is 17.1. The lowest BCUT2D eigenvalue weighted by molar-refractivity contribution is -0.130. The number of benzene rings is 3. The van der Waals surface area contributed by atoms with Gasteiger partial charge in [-0.2, -0.15) is 0 Å². The largest absolute Gasteiger partial charge is 0.508 e. The second-order valence-electron chi connectivity index (χ2n) is 9.28. The zero-order valence-electron chi connectivity index (χ0n) is 19.4. The molecule has 178 valence electrons. The van der Waals surface area contributed by atoms with Gasteiger partial charge >= 0.3 is 0 Å². The molecule has 2 fully saturated rings. The molecule has 0 radical (unpaired) electrons. The van der Waals surface area contributed by atoms with Crippen molar-refractivity contribution in [2.45, 2.75) is 24.5 Å². The van der Waals surface area contributed by atoms with Crippen LogP contribution in [0.5, 0.6) is 11.5 Å². The molecule has 0 aliphatic carbocycles. The summed E-state index contributed by atoms with van der Waals surface area (Å²) in [4.78, 5) is 19.0. The fourth-order valence-electron chi connectivity index (χ4n) is 5.70. The van der Waals surface area contributed by atoms with Crippen LogP contribution in [-0.4, -0.2) is 40.6 Å². The summed E-state index contributed by atoms with van der Waals surface area (Å²) in [7, 11) is 1.67. The van der Waals surface area contributed by atoms with Crippen molar-refractivity contribution in [2.75, 3.05) is 13.7 Å². The zero-order valence-corrected chi connectivity index (χ0v) is 19.4. The van der Waals surface area contributed by atoms with E-state index in [0.717, 1.165) is 39.8 Å². The number of aromatic amines is 1. The molecule has 4 N–H and O–H groups in total. The molecule has 3 heterocycles. The summed E-state index contributed by atoms with van der Waals surface area (Å²) in [5, 5.41) is 11.0. The van der Waals surface area contributed by atoms with Crippen molar-refractivity contribution in [2.24, 2.45) is 5.92 Å². The van der Waals surface area contributed by atoms with E-state index in [1.54, 1.807) is 19.2 Å². The van der Waals surface area contributed by atoms with Crippen molar-refractivity contribution >= 4 is 16.8 Å². The Bertz CT molecular complexity index is 1350. The highest BCUT2D eigenvalue weighted by Crippen LogP contribution is 2.47. The number of aromatic hydroxyl groups is 1. The van der Waals surface area contributed by atoms with Crippen LogP contribution in [-0.2, 0) is 11.2 Å². The van der Waals surface area contributed by atoms with Crippen LogP contribution in [0.25, 0.3) is 10.9 Å². The van der Waals surface area contributed by atoms with Gasteiger partial charge < -0.3 is 19.7 Å². The van der Waals surface area contributed by atoms with Gasteiger partial charge in [0, 0.05) is 29.6 Å². The van der Waals surface area contributed by atoms with Gasteiger partial charge in [0.1, 0.15) is 17.5 Å². The predicted molar refractivity (Wildman–Crippen MR) is 134 cm³/mol. The highest BCUT2D eigenvalue weighted by Gasteiger charge is 2.55. The fourth-order valence-corrected chi connectivity index (χ4v) is 5.70. The lowest BCUT2D eigenvalue weighted by Crippen LogP contribution is -2.42. The van der Waals surface area contributed by atoms with E-state index < -0.39 is 0 Å². The molecule has 7 heteroatoms. The molecular formula is C28H28N4O3. The number of aromatic nitrogens is 1. The maximum Gasteiger partial charge on any atom is 0.242 e. The van der Waals surface area contributed by atoms with Gasteiger partial charge in [-0.25, -0.2) is 10.9 Å². The van der Waals surface area contributed by atoms with Crippen LogP contribution in [0, 0.1) is 5.92 Å². The average Bonchev–Trinajstić information content (AvgIpc) is 3.57. The molecule has 1 amide bonds. The van der Waals surface area contributed by atoms with Crippen LogP contribution < -0.4 is 15.6 Å². The minimum absolute atomic E-state index is 0.00805. The number of fused-ring (bicyclic) bond motifs is 2. The van der Waals surface area contributed by atoms with E-state index in [9.17, 15) is 9.90 Å². The fraction of sp³-hybridized carbons (Fsp3) is 0.250. The molecule has 2 aliphatic heterocycles. The third-order valence-electron chi connectivity index (χ3n) is 7.40. The predicted octanol–water partition coefficient (Wildman–Crippen LogP) is 3.84. The molecule has 3 aromatic carbocycles. The molecule has 0 saturated carbocycles. The van der Waals surface area contributed by atoms with Crippen LogP contribution >= 0.6 is 0 Å². The van der Waals surface area contributed by atoms with E-state index in [1.165, 1.54) is 0 Å². The quantitative estimate of drug-likeness (QED) is 0.345. The molecule has 2 aliphatic rings.